The van der Waals surface area contributed by atoms with Crippen LogP contribution in [0.1, 0.15) is 42.6 Å². The molecule has 2 amide bonds. The second-order valence-corrected chi connectivity index (χ2v) is 7.01. The molecule has 4 heteroatoms. The van der Waals surface area contributed by atoms with Crippen LogP contribution in [0.4, 0.5) is 5.69 Å². The van der Waals surface area contributed by atoms with Crippen molar-refractivity contribution in [1.29, 1.82) is 0 Å². The maximum absolute atomic E-state index is 12.5. The summed E-state index contributed by atoms with van der Waals surface area (Å²) in [5, 5.41) is 8.19. The van der Waals surface area contributed by atoms with Crippen molar-refractivity contribution in [3.05, 3.63) is 77.9 Å². The van der Waals surface area contributed by atoms with Crippen LogP contribution in [0.5, 0.6) is 0 Å². The van der Waals surface area contributed by atoms with Crippen LogP contribution in [0.2, 0.25) is 0 Å². The Labute approximate surface area is 166 Å². The van der Waals surface area contributed by atoms with E-state index in [2.05, 4.69) is 34.9 Å². The number of hydrogen-bond donors (Lipinski definition) is 2. The third-order valence-corrected chi connectivity index (χ3v) is 4.94. The van der Waals surface area contributed by atoms with Crippen molar-refractivity contribution in [3.63, 3.8) is 0 Å². The van der Waals surface area contributed by atoms with Gasteiger partial charge >= 0.3 is 0 Å². The topological polar surface area (TPSA) is 58.2 Å². The van der Waals surface area contributed by atoms with Crippen LogP contribution in [0, 0.1) is 0 Å². The van der Waals surface area contributed by atoms with E-state index in [1.165, 1.54) is 10.8 Å². The summed E-state index contributed by atoms with van der Waals surface area (Å²) in [4.78, 5) is 25.0. The van der Waals surface area contributed by atoms with E-state index in [0.29, 0.717) is 24.1 Å². The molecule has 0 radical (unpaired) electrons. The van der Waals surface area contributed by atoms with Gasteiger partial charge in [0.1, 0.15) is 0 Å². The van der Waals surface area contributed by atoms with Crippen LogP contribution in [0.25, 0.3) is 10.8 Å². The SMILES string of the molecule is CC[C@@H](C)NC(=O)c1ccccc1NC(=O)CCc1cccc2ccccc12. The Morgan fingerprint density at radius 3 is 2.46 bits per heavy atom. The highest BCUT2D eigenvalue weighted by Gasteiger charge is 2.14. The Morgan fingerprint density at radius 1 is 0.929 bits per heavy atom. The molecule has 2 N–H and O–H groups in total. The first kappa shape index (κ1) is 19.6. The van der Waals surface area contributed by atoms with Gasteiger partial charge in [0.2, 0.25) is 5.91 Å². The van der Waals surface area contributed by atoms with Gasteiger partial charge in [-0.05, 0) is 48.2 Å². The molecule has 4 nitrogen and oxygen atoms in total. The lowest BCUT2D eigenvalue weighted by Crippen LogP contribution is -2.32. The highest BCUT2D eigenvalue weighted by molar-refractivity contribution is 6.04. The Bertz CT molecular complexity index is 976. The molecular formula is C24H26N2O2. The Kier molecular flexibility index (Phi) is 6.43. The molecule has 144 valence electrons. The number of anilines is 1. The number of carbonyl (C=O) groups is 2. The molecule has 0 fully saturated rings. The van der Waals surface area contributed by atoms with Crippen LogP contribution in [-0.2, 0) is 11.2 Å². The number of benzene rings is 3. The van der Waals surface area contributed by atoms with E-state index in [4.69, 9.17) is 0 Å². The van der Waals surface area contributed by atoms with Gasteiger partial charge in [-0.15, -0.1) is 0 Å². The summed E-state index contributed by atoms with van der Waals surface area (Å²) in [6.07, 6.45) is 1.86. The maximum atomic E-state index is 12.5. The number of fused-ring (bicyclic) bond motifs is 1. The molecule has 3 rings (SSSR count). The van der Waals surface area contributed by atoms with E-state index in [0.717, 1.165) is 12.0 Å². The summed E-state index contributed by atoms with van der Waals surface area (Å²) in [5.41, 5.74) is 2.18. The molecule has 1 atom stereocenters. The molecule has 0 spiro atoms. The first-order valence-corrected chi connectivity index (χ1v) is 9.75. The molecule has 3 aromatic carbocycles. The number of amides is 2. The second-order valence-electron chi connectivity index (χ2n) is 7.01. The van der Waals surface area contributed by atoms with Crippen molar-refractivity contribution in [2.75, 3.05) is 5.32 Å². The van der Waals surface area contributed by atoms with E-state index in [1.807, 2.05) is 38.1 Å². The number of hydrogen-bond acceptors (Lipinski definition) is 2. The molecule has 0 heterocycles. The van der Waals surface area contributed by atoms with Gasteiger partial charge in [0.05, 0.1) is 11.3 Å². The summed E-state index contributed by atoms with van der Waals surface area (Å²) in [7, 11) is 0. The zero-order valence-corrected chi connectivity index (χ0v) is 16.4. The summed E-state index contributed by atoms with van der Waals surface area (Å²) < 4.78 is 0. The van der Waals surface area contributed by atoms with E-state index >= 15 is 0 Å². The summed E-state index contributed by atoms with van der Waals surface area (Å²) in [6, 6.07) is 21.5. The first-order chi connectivity index (χ1) is 13.6. The van der Waals surface area contributed by atoms with Crippen molar-refractivity contribution in [3.8, 4) is 0 Å². The molecule has 0 aliphatic heterocycles. The van der Waals surface area contributed by atoms with Crippen molar-refractivity contribution in [2.24, 2.45) is 0 Å². The molecule has 0 saturated carbocycles. The maximum Gasteiger partial charge on any atom is 0.253 e. The average molecular weight is 374 g/mol. The van der Waals surface area contributed by atoms with Crippen LogP contribution in [0.15, 0.2) is 66.7 Å². The van der Waals surface area contributed by atoms with E-state index < -0.39 is 0 Å². The fraction of sp³-hybridized carbons (Fsp3) is 0.250. The molecule has 28 heavy (non-hydrogen) atoms. The molecule has 0 saturated heterocycles. The third-order valence-electron chi connectivity index (χ3n) is 4.94. The predicted molar refractivity (Wildman–Crippen MR) is 115 cm³/mol. The Balaban J connectivity index is 1.68. The van der Waals surface area contributed by atoms with Gasteiger partial charge in [-0.2, -0.15) is 0 Å². The van der Waals surface area contributed by atoms with E-state index in [-0.39, 0.29) is 17.9 Å². The normalized spacial score (nSPS) is 11.8. The van der Waals surface area contributed by atoms with Gasteiger partial charge in [0.15, 0.2) is 0 Å². The van der Waals surface area contributed by atoms with Crippen LogP contribution >= 0.6 is 0 Å². The molecule has 0 aliphatic carbocycles. The average Bonchev–Trinajstić information content (AvgIpc) is 2.72. The van der Waals surface area contributed by atoms with E-state index in [9.17, 15) is 9.59 Å². The number of para-hydroxylation sites is 1. The molecule has 0 aromatic heterocycles. The van der Waals surface area contributed by atoms with Gasteiger partial charge in [-0.1, -0.05) is 61.5 Å². The minimum absolute atomic E-state index is 0.0858. The van der Waals surface area contributed by atoms with Gasteiger partial charge < -0.3 is 10.6 Å². The van der Waals surface area contributed by atoms with Gasteiger partial charge in [0.25, 0.3) is 5.91 Å². The van der Waals surface area contributed by atoms with Gasteiger partial charge in [-0.25, -0.2) is 0 Å². The highest BCUT2D eigenvalue weighted by Crippen LogP contribution is 2.20. The van der Waals surface area contributed by atoms with E-state index in [1.54, 1.807) is 18.2 Å². The Morgan fingerprint density at radius 2 is 1.64 bits per heavy atom. The lowest BCUT2D eigenvalue weighted by molar-refractivity contribution is -0.116. The molecule has 3 aromatic rings. The first-order valence-electron chi connectivity index (χ1n) is 9.75. The van der Waals surface area contributed by atoms with Crippen LogP contribution in [0.3, 0.4) is 0 Å². The number of rotatable bonds is 7. The largest absolute Gasteiger partial charge is 0.350 e. The van der Waals surface area contributed by atoms with Crippen molar-refractivity contribution in [2.45, 2.75) is 39.2 Å². The second kappa shape index (κ2) is 9.18. The standard InChI is InChI=1S/C24H26N2O2/c1-3-17(2)25-24(28)21-13-6-7-14-22(21)26-23(27)16-15-19-11-8-10-18-9-4-5-12-20(18)19/h4-14,17H,3,15-16H2,1-2H3,(H,25,28)(H,26,27)/t17-/m1/s1. The lowest BCUT2D eigenvalue weighted by Gasteiger charge is -2.15. The lowest BCUT2D eigenvalue weighted by atomic mass is 10.0. The Hall–Kier alpha value is -3.14. The monoisotopic (exact) mass is 374 g/mol. The fourth-order valence-electron chi connectivity index (χ4n) is 3.17. The van der Waals surface area contributed by atoms with Gasteiger partial charge in [-0.3, -0.25) is 9.59 Å². The quantitative estimate of drug-likeness (QED) is 0.615. The van der Waals surface area contributed by atoms with Gasteiger partial charge in [0, 0.05) is 12.5 Å². The fourth-order valence-corrected chi connectivity index (χ4v) is 3.17. The van der Waals surface area contributed by atoms with Crippen LogP contribution in [-0.4, -0.2) is 17.9 Å². The van der Waals surface area contributed by atoms with Crippen molar-refractivity contribution in [1.82, 2.24) is 5.32 Å². The summed E-state index contributed by atoms with van der Waals surface area (Å²) in [6.45, 7) is 3.98. The smallest absolute Gasteiger partial charge is 0.253 e. The summed E-state index contributed by atoms with van der Waals surface area (Å²) in [5.74, 6) is -0.268. The number of carbonyl (C=O) groups excluding carboxylic acids is 2. The molecule has 0 unspecified atom stereocenters. The summed E-state index contributed by atoms with van der Waals surface area (Å²) >= 11 is 0. The van der Waals surface area contributed by atoms with Crippen molar-refractivity contribution >= 4 is 28.3 Å². The van der Waals surface area contributed by atoms with Crippen molar-refractivity contribution < 1.29 is 9.59 Å². The highest BCUT2D eigenvalue weighted by atomic mass is 16.2. The zero-order chi connectivity index (χ0) is 19.9. The molecular weight excluding hydrogens is 348 g/mol. The number of aryl methyl sites for hydroxylation is 1. The predicted octanol–water partition coefficient (Wildman–Crippen LogP) is 4.94. The van der Waals surface area contributed by atoms with Crippen LogP contribution < -0.4 is 10.6 Å². The minimum atomic E-state index is -0.167. The third kappa shape index (κ3) is 4.77. The molecule has 0 bridgehead atoms. The zero-order valence-electron chi connectivity index (χ0n) is 16.4. The molecule has 0 aliphatic rings. The number of nitrogens with one attached hydrogen (secondary N) is 2. The minimum Gasteiger partial charge on any atom is -0.350 e.